The molecule has 1 aromatic rings. The van der Waals surface area contributed by atoms with Crippen molar-refractivity contribution in [2.45, 2.75) is 6.42 Å². The van der Waals surface area contributed by atoms with Crippen LogP contribution in [0.4, 0.5) is 5.82 Å². The van der Waals surface area contributed by atoms with Crippen LogP contribution in [0, 0.1) is 5.41 Å². The number of hydrogen-bond donors (Lipinski definition) is 0. The van der Waals surface area contributed by atoms with E-state index in [-0.39, 0.29) is 11.3 Å². The summed E-state index contributed by atoms with van der Waals surface area (Å²) < 4.78 is 5.71. The largest absolute Gasteiger partial charge is 0.379 e. The highest BCUT2D eigenvalue weighted by atomic mass is 16.5. The van der Waals surface area contributed by atoms with Crippen molar-refractivity contribution in [1.82, 2.24) is 14.9 Å². The van der Waals surface area contributed by atoms with Gasteiger partial charge >= 0.3 is 0 Å². The van der Waals surface area contributed by atoms with Gasteiger partial charge in [-0.1, -0.05) is 0 Å². The summed E-state index contributed by atoms with van der Waals surface area (Å²) >= 11 is 0. The van der Waals surface area contributed by atoms with Crippen LogP contribution < -0.4 is 4.90 Å². The Morgan fingerprint density at radius 3 is 2.95 bits per heavy atom. The molecule has 0 saturated carbocycles. The highest BCUT2D eigenvalue weighted by molar-refractivity contribution is 5.79. The molecule has 0 bridgehead atoms. The summed E-state index contributed by atoms with van der Waals surface area (Å²) in [6.45, 7) is 3.64. The fraction of sp³-hybridized carbons (Fsp3) is 0.615. The van der Waals surface area contributed by atoms with Gasteiger partial charge in [-0.05, 0) is 0 Å². The van der Waals surface area contributed by atoms with Crippen molar-refractivity contribution in [1.29, 1.82) is 0 Å². The summed E-state index contributed by atoms with van der Waals surface area (Å²) in [5.74, 6) is 1.05. The van der Waals surface area contributed by atoms with Gasteiger partial charge in [0.25, 0.3) is 0 Å². The molecule has 0 aromatic carbocycles. The van der Waals surface area contributed by atoms with E-state index < -0.39 is 0 Å². The number of likely N-dealkylation sites (tertiary alicyclic amines) is 1. The van der Waals surface area contributed by atoms with Crippen molar-refractivity contribution in [3.8, 4) is 0 Å². The third kappa shape index (κ3) is 2.40. The van der Waals surface area contributed by atoms with Crippen LogP contribution in [0.25, 0.3) is 0 Å². The van der Waals surface area contributed by atoms with Crippen LogP contribution in [0.15, 0.2) is 18.6 Å². The van der Waals surface area contributed by atoms with Crippen LogP contribution in [-0.2, 0) is 9.53 Å². The van der Waals surface area contributed by atoms with Gasteiger partial charge in [0, 0.05) is 50.9 Å². The Balaban J connectivity index is 1.83. The monoisotopic (exact) mass is 262 g/mol. The zero-order valence-electron chi connectivity index (χ0n) is 11.1. The molecule has 2 aliphatic rings. The quantitative estimate of drug-likeness (QED) is 0.721. The molecule has 3 rings (SSSR count). The number of rotatable bonds is 1. The summed E-state index contributed by atoms with van der Waals surface area (Å²) in [4.78, 5) is 24.3. The average Bonchev–Trinajstić information content (AvgIpc) is 2.60. The third-order valence-electron chi connectivity index (χ3n) is 3.84. The summed E-state index contributed by atoms with van der Waals surface area (Å²) in [6.07, 6.45) is 5.68. The molecule has 2 aliphatic heterocycles. The molecule has 1 spiro atoms. The SMILES string of the molecule is CN1C[C@]2(COCCN(c3cnccn3)C2)CC1=O. The number of aromatic nitrogens is 2. The Labute approximate surface area is 112 Å². The Hall–Kier alpha value is -1.69. The van der Waals surface area contributed by atoms with Gasteiger partial charge in [-0.15, -0.1) is 0 Å². The Morgan fingerprint density at radius 1 is 1.37 bits per heavy atom. The molecule has 1 atom stereocenters. The summed E-state index contributed by atoms with van der Waals surface area (Å²) in [6, 6.07) is 0. The second-order valence-electron chi connectivity index (χ2n) is 5.46. The average molecular weight is 262 g/mol. The Kier molecular flexibility index (Phi) is 3.10. The molecular formula is C13H18N4O2. The first-order valence-corrected chi connectivity index (χ1v) is 6.51. The number of ether oxygens (including phenoxy) is 1. The highest BCUT2D eigenvalue weighted by Gasteiger charge is 2.44. The van der Waals surface area contributed by atoms with E-state index in [1.165, 1.54) is 0 Å². The van der Waals surface area contributed by atoms with E-state index in [9.17, 15) is 4.79 Å². The minimum Gasteiger partial charge on any atom is -0.379 e. The lowest BCUT2D eigenvalue weighted by Crippen LogP contribution is -2.40. The molecule has 1 amide bonds. The lowest BCUT2D eigenvalue weighted by atomic mass is 9.87. The van der Waals surface area contributed by atoms with Crippen LogP contribution in [0.3, 0.4) is 0 Å². The highest BCUT2D eigenvalue weighted by Crippen LogP contribution is 2.34. The third-order valence-corrected chi connectivity index (χ3v) is 3.84. The van der Waals surface area contributed by atoms with Crippen molar-refractivity contribution in [3.05, 3.63) is 18.6 Å². The Morgan fingerprint density at radius 2 is 2.26 bits per heavy atom. The number of carbonyl (C=O) groups excluding carboxylic acids is 1. The molecule has 6 heteroatoms. The van der Waals surface area contributed by atoms with Gasteiger partial charge in [-0.3, -0.25) is 9.78 Å². The minimum atomic E-state index is -0.111. The van der Waals surface area contributed by atoms with Crippen molar-refractivity contribution < 1.29 is 9.53 Å². The van der Waals surface area contributed by atoms with E-state index >= 15 is 0 Å². The lowest BCUT2D eigenvalue weighted by Gasteiger charge is -2.31. The van der Waals surface area contributed by atoms with E-state index in [1.807, 2.05) is 7.05 Å². The second kappa shape index (κ2) is 4.77. The molecule has 6 nitrogen and oxygen atoms in total. The van der Waals surface area contributed by atoms with Crippen LogP contribution >= 0.6 is 0 Å². The maximum Gasteiger partial charge on any atom is 0.223 e. The number of hydrogen-bond acceptors (Lipinski definition) is 5. The standard InChI is InChI=1S/C13H18N4O2/c1-16-8-13(6-12(16)18)9-17(4-5-19-10-13)11-7-14-2-3-15-11/h2-3,7H,4-6,8-10H2,1H3/t13-/m1/s1. The van der Waals surface area contributed by atoms with Crippen molar-refractivity contribution in [3.63, 3.8) is 0 Å². The van der Waals surface area contributed by atoms with Crippen LogP contribution in [0.5, 0.6) is 0 Å². The molecule has 1 aromatic heterocycles. The fourth-order valence-corrected chi connectivity index (χ4v) is 2.95. The first-order valence-electron chi connectivity index (χ1n) is 6.51. The van der Waals surface area contributed by atoms with Gasteiger partial charge in [-0.2, -0.15) is 0 Å². The minimum absolute atomic E-state index is 0.111. The van der Waals surface area contributed by atoms with Crippen molar-refractivity contribution in [2.75, 3.05) is 44.8 Å². The predicted molar refractivity (Wildman–Crippen MR) is 69.8 cm³/mol. The molecule has 2 saturated heterocycles. The summed E-state index contributed by atoms with van der Waals surface area (Å²) in [7, 11) is 1.86. The molecular weight excluding hydrogens is 244 g/mol. The first-order chi connectivity index (χ1) is 9.19. The molecule has 0 unspecified atom stereocenters. The number of nitrogens with zero attached hydrogens (tertiary/aromatic N) is 4. The van der Waals surface area contributed by atoms with E-state index in [2.05, 4.69) is 14.9 Å². The van der Waals surface area contributed by atoms with E-state index in [0.717, 1.165) is 25.5 Å². The lowest BCUT2D eigenvalue weighted by molar-refractivity contribution is -0.126. The molecule has 0 N–H and O–H groups in total. The number of carbonyl (C=O) groups is 1. The van der Waals surface area contributed by atoms with Gasteiger partial charge in [0.1, 0.15) is 5.82 Å². The topological polar surface area (TPSA) is 58.6 Å². The zero-order valence-corrected chi connectivity index (χ0v) is 11.1. The Bertz CT molecular complexity index is 467. The van der Waals surface area contributed by atoms with Gasteiger partial charge in [0.05, 0.1) is 19.4 Å². The van der Waals surface area contributed by atoms with Gasteiger partial charge in [0.15, 0.2) is 0 Å². The maximum absolute atomic E-state index is 11.8. The predicted octanol–water partition coefficient (Wildman–Crippen LogP) is 0.162. The summed E-state index contributed by atoms with van der Waals surface area (Å²) in [5.41, 5.74) is -0.111. The molecule has 0 aliphatic carbocycles. The molecule has 0 radical (unpaired) electrons. The molecule has 19 heavy (non-hydrogen) atoms. The van der Waals surface area contributed by atoms with Gasteiger partial charge in [-0.25, -0.2) is 4.98 Å². The molecule has 102 valence electrons. The molecule has 3 heterocycles. The van der Waals surface area contributed by atoms with Crippen LogP contribution in [-0.4, -0.2) is 60.7 Å². The number of amides is 1. The maximum atomic E-state index is 11.8. The van der Waals surface area contributed by atoms with Gasteiger partial charge in [0.2, 0.25) is 5.91 Å². The van der Waals surface area contributed by atoms with Gasteiger partial charge < -0.3 is 14.5 Å². The van der Waals surface area contributed by atoms with Crippen molar-refractivity contribution in [2.24, 2.45) is 5.41 Å². The first kappa shape index (κ1) is 12.3. The molecule has 2 fully saturated rings. The number of anilines is 1. The van der Waals surface area contributed by atoms with E-state index in [4.69, 9.17) is 4.74 Å². The summed E-state index contributed by atoms with van der Waals surface area (Å²) in [5, 5.41) is 0. The van der Waals surface area contributed by atoms with Crippen LogP contribution in [0.1, 0.15) is 6.42 Å². The van der Waals surface area contributed by atoms with E-state index in [1.54, 1.807) is 23.5 Å². The smallest absolute Gasteiger partial charge is 0.223 e. The van der Waals surface area contributed by atoms with E-state index in [0.29, 0.717) is 19.6 Å². The fourth-order valence-electron chi connectivity index (χ4n) is 2.95. The van der Waals surface area contributed by atoms with Crippen molar-refractivity contribution >= 4 is 11.7 Å². The zero-order chi connectivity index (χ0) is 13.3. The van der Waals surface area contributed by atoms with Crippen LogP contribution in [0.2, 0.25) is 0 Å². The normalized spacial score (nSPS) is 27.9. The second-order valence-corrected chi connectivity index (χ2v) is 5.46.